The number of aryl methyl sites for hydroxylation is 2. The first kappa shape index (κ1) is 12.5. The van der Waals surface area contributed by atoms with E-state index < -0.39 is 0 Å². The summed E-state index contributed by atoms with van der Waals surface area (Å²) >= 11 is 0. The lowest BCUT2D eigenvalue weighted by Gasteiger charge is -2.06. The molecule has 2 nitrogen and oxygen atoms in total. The summed E-state index contributed by atoms with van der Waals surface area (Å²) in [6, 6.07) is 12.2. The van der Waals surface area contributed by atoms with E-state index in [4.69, 9.17) is 4.99 Å². The minimum absolute atomic E-state index is 0.800. The molecule has 2 aromatic rings. The van der Waals surface area contributed by atoms with Gasteiger partial charge in [-0.05, 0) is 44.0 Å². The molecular weight excluding hydrogens is 220 g/mol. The van der Waals surface area contributed by atoms with Crippen LogP contribution in [0.3, 0.4) is 0 Å². The molecule has 1 aromatic carbocycles. The van der Waals surface area contributed by atoms with Crippen LogP contribution in [-0.2, 0) is 6.42 Å². The number of pyridine rings is 1. The van der Waals surface area contributed by atoms with Crippen LogP contribution >= 0.6 is 0 Å². The van der Waals surface area contributed by atoms with E-state index in [0.29, 0.717) is 0 Å². The molecule has 0 bridgehead atoms. The van der Waals surface area contributed by atoms with Crippen molar-refractivity contribution in [1.82, 2.24) is 4.98 Å². The number of hydrogen-bond acceptors (Lipinski definition) is 2. The fourth-order valence-electron chi connectivity index (χ4n) is 1.98. The Morgan fingerprint density at radius 2 is 1.78 bits per heavy atom. The van der Waals surface area contributed by atoms with Gasteiger partial charge in [0.25, 0.3) is 0 Å². The van der Waals surface area contributed by atoms with Crippen molar-refractivity contribution in [3.63, 3.8) is 0 Å². The second-order valence-electron chi connectivity index (χ2n) is 4.59. The quantitative estimate of drug-likeness (QED) is 0.741. The Kier molecular flexibility index (Phi) is 3.88. The van der Waals surface area contributed by atoms with Gasteiger partial charge in [0.1, 0.15) is 0 Å². The predicted molar refractivity (Wildman–Crippen MR) is 76.6 cm³/mol. The van der Waals surface area contributed by atoms with Crippen LogP contribution in [0.25, 0.3) is 0 Å². The minimum Gasteiger partial charge on any atom is -0.261 e. The molecule has 0 spiro atoms. The molecule has 0 aliphatic carbocycles. The maximum Gasteiger partial charge on any atom is 0.0687 e. The molecule has 0 amide bonds. The zero-order valence-corrected chi connectivity index (χ0v) is 11.1. The summed E-state index contributed by atoms with van der Waals surface area (Å²) in [6.07, 6.45) is 2.62. The normalized spacial score (nSPS) is 11.6. The molecule has 0 radical (unpaired) electrons. The highest BCUT2D eigenvalue weighted by molar-refractivity contribution is 5.87. The van der Waals surface area contributed by atoms with Crippen LogP contribution in [0, 0.1) is 13.8 Å². The van der Waals surface area contributed by atoms with Crippen LogP contribution in [0.5, 0.6) is 0 Å². The van der Waals surface area contributed by atoms with E-state index >= 15 is 0 Å². The summed E-state index contributed by atoms with van der Waals surface area (Å²) in [7, 11) is 0. The molecule has 18 heavy (non-hydrogen) atoms. The zero-order chi connectivity index (χ0) is 13.0. The lowest BCUT2D eigenvalue weighted by atomic mass is 10.1. The number of nitrogens with zero attached hydrogens (tertiary/aromatic N) is 2. The standard InChI is InChI=1S/C16H18N2/c1-12-7-6-8-13(2)16(12)18-14(3)11-15-9-4-5-10-17-15/h4-10H,11H2,1-3H3. The summed E-state index contributed by atoms with van der Waals surface area (Å²) in [5.41, 5.74) is 5.67. The number of aromatic nitrogens is 1. The minimum atomic E-state index is 0.800. The number of para-hydroxylation sites is 1. The smallest absolute Gasteiger partial charge is 0.0687 e. The molecule has 0 aliphatic rings. The average Bonchev–Trinajstić information content (AvgIpc) is 2.35. The van der Waals surface area contributed by atoms with E-state index in [1.807, 2.05) is 24.4 Å². The van der Waals surface area contributed by atoms with Crippen molar-refractivity contribution >= 4 is 11.4 Å². The SMILES string of the molecule is CC(Cc1ccccn1)=Nc1c(C)cccc1C. The van der Waals surface area contributed by atoms with Crippen LogP contribution in [0.2, 0.25) is 0 Å². The monoisotopic (exact) mass is 238 g/mol. The van der Waals surface area contributed by atoms with Gasteiger partial charge in [-0.1, -0.05) is 24.3 Å². The lowest BCUT2D eigenvalue weighted by Crippen LogP contribution is -1.99. The lowest BCUT2D eigenvalue weighted by molar-refractivity contribution is 1.13. The van der Waals surface area contributed by atoms with E-state index in [1.54, 1.807) is 0 Å². The Bertz CT molecular complexity index is 536. The Morgan fingerprint density at radius 3 is 2.39 bits per heavy atom. The largest absolute Gasteiger partial charge is 0.261 e. The van der Waals surface area contributed by atoms with Gasteiger partial charge in [0.2, 0.25) is 0 Å². The van der Waals surface area contributed by atoms with Crippen molar-refractivity contribution in [3.8, 4) is 0 Å². The molecule has 0 saturated heterocycles. The van der Waals surface area contributed by atoms with Crippen molar-refractivity contribution < 1.29 is 0 Å². The van der Waals surface area contributed by atoms with E-state index in [1.165, 1.54) is 11.1 Å². The van der Waals surface area contributed by atoms with Gasteiger partial charge >= 0.3 is 0 Å². The molecule has 0 aliphatic heterocycles. The van der Waals surface area contributed by atoms with Crippen molar-refractivity contribution in [2.45, 2.75) is 27.2 Å². The summed E-state index contributed by atoms with van der Waals surface area (Å²) in [6.45, 7) is 6.25. The third kappa shape index (κ3) is 3.04. The first-order chi connectivity index (χ1) is 8.66. The van der Waals surface area contributed by atoms with Crippen molar-refractivity contribution in [2.24, 2.45) is 4.99 Å². The van der Waals surface area contributed by atoms with Crippen molar-refractivity contribution in [2.75, 3.05) is 0 Å². The molecular formula is C16H18N2. The number of hydrogen-bond donors (Lipinski definition) is 0. The average molecular weight is 238 g/mol. The Hall–Kier alpha value is -1.96. The van der Waals surface area contributed by atoms with Crippen LogP contribution < -0.4 is 0 Å². The highest BCUT2D eigenvalue weighted by atomic mass is 14.8. The Balaban J connectivity index is 2.23. The number of benzene rings is 1. The third-order valence-corrected chi connectivity index (χ3v) is 2.91. The van der Waals surface area contributed by atoms with Crippen LogP contribution in [0.1, 0.15) is 23.7 Å². The highest BCUT2D eigenvalue weighted by Crippen LogP contribution is 2.23. The molecule has 1 heterocycles. The molecule has 1 aromatic heterocycles. The van der Waals surface area contributed by atoms with Gasteiger partial charge in [-0.2, -0.15) is 0 Å². The third-order valence-electron chi connectivity index (χ3n) is 2.91. The first-order valence-electron chi connectivity index (χ1n) is 6.17. The second-order valence-corrected chi connectivity index (χ2v) is 4.59. The van der Waals surface area contributed by atoms with Gasteiger partial charge in [-0.25, -0.2) is 0 Å². The van der Waals surface area contributed by atoms with Crippen LogP contribution in [-0.4, -0.2) is 10.7 Å². The van der Waals surface area contributed by atoms with Gasteiger partial charge in [0, 0.05) is 24.0 Å². The first-order valence-corrected chi connectivity index (χ1v) is 6.17. The van der Waals surface area contributed by atoms with E-state index in [-0.39, 0.29) is 0 Å². The summed E-state index contributed by atoms with van der Waals surface area (Å²) < 4.78 is 0. The molecule has 0 fully saturated rings. The van der Waals surface area contributed by atoms with Gasteiger partial charge in [0.15, 0.2) is 0 Å². The molecule has 0 unspecified atom stereocenters. The summed E-state index contributed by atoms with van der Waals surface area (Å²) in [5.74, 6) is 0. The topological polar surface area (TPSA) is 25.2 Å². The Labute approximate surface area is 108 Å². The van der Waals surface area contributed by atoms with E-state index in [2.05, 4.69) is 44.0 Å². The Morgan fingerprint density at radius 1 is 1.06 bits per heavy atom. The summed E-state index contributed by atoms with van der Waals surface area (Å²) in [4.78, 5) is 9.05. The molecule has 2 rings (SSSR count). The van der Waals surface area contributed by atoms with Crippen LogP contribution in [0.15, 0.2) is 47.6 Å². The van der Waals surface area contributed by atoms with E-state index in [9.17, 15) is 0 Å². The summed E-state index contributed by atoms with van der Waals surface area (Å²) in [5, 5.41) is 0. The van der Waals surface area contributed by atoms with Gasteiger partial charge in [0.05, 0.1) is 5.69 Å². The number of rotatable bonds is 3. The van der Waals surface area contributed by atoms with Crippen LogP contribution in [0.4, 0.5) is 5.69 Å². The predicted octanol–water partition coefficient (Wildman–Crippen LogP) is 4.03. The molecule has 0 N–H and O–H groups in total. The molecule has 2 heteroatoms. The molecule has 0 saturated carbocycles. The molecule has 92 valence electrons. The molecule has 0 atom stereocenters. The van der Waals surface area contributed by atoms with Crippen molar-refractivity contribution in [3.05, 3.63) is 59.4 Å². The maximum absolute atomic E-state index is 4.73. The van der Waals surface area contributed by atoms with Gasteiger partial charge in [-0.15, -0.1) is 0 Å². The van der Waals surface area contributed by atoms with Gasteiger partial charge in [-0.3, -0.25) is 9.98 Å². The van der Waals surface area contributed by atoms with Gasteiger partial charge < -0.3 is 0 Å². The highest BCUT2D eigenvalue weighted by Gasteiger charge is 2.02. The number of aliphatic imine (C=N–C) groups is 1. The van der Waals surface area contributed by atoms with E-state index in [0.717, 1.165) is 23.5 Å². The van der Waals surface area contributed by atoms with Crippen molar-refractivity contribution in [1.29, 1.82) is 0 Å². The fraction of sp³-hybridized carbons (Fsp3) is 0.250. The fourth-order valence-corrected chi connectivity index (χ4v) is 1.98. The second kappa shape index (κ2) is 5.58. The zero-order valence-electron chi connectivity index (χ0n) is 11.1. The maximum atomic E-state index is 4.73.